The number of aromatic nitrogens is 1. The summed E-state index contributed by atoms with van der Waals surface area (Å²) in [6.07, 6.45) is 4.18. The lowest BCUT2D eigenvalue weighted by atomic mass is 9.96. The lowest BCUT2D eigenvalue weighted by molar-refractivity contribution is 0.425. The molecule has 4 rings (SSSR count). The number of aryl methyl sites for hydroxylation is 1. The SMILES string of the molecule is CCNC(c1ccc2c(c1)oc(=O)n2C)C1C2CCCC21. The molecule has 1 N–H and O–H groups in total. The number of nitrogens with one attached hydrogen (secondary N) is 1. The molecule has 0 bridgehead atoms. The first-order chi connectivity index (χ1) is 10.2. The minimum atomic E-state index is -0.287. The number of nitrogens with zero attached hydrogens (tertiary/aromatic N) is 1. The Morgan fingerprint density at radius 3 is 2.86 bits per heavy atom. The van der Waals surface area contributed by atoms with Gasteiger partial charge in [0, 0.05) is 13.1 Å². The van der Waals surface area contributed by atoms with Crippen molar-refractivity contribution in [2.75, 3.05) is 6.54 Å². The third-order valence-electron chi connectivity index (χ3n) is 5.46. The number of rotatable bonds is 4. The first-order valence-corrected chi connectivity index (χ1v) is 8.03. The molecule has 2 saturated carbocycles. The van der Waals surface area contributed by atoms with Crippen LogP contribution in [0.2, 0.25) is 0 Å². The molecule has 2 aliphatic rings. The normalized spacial score (nSPS) is 28.8. The van der Waals surface area contributed by atoms with Crippen molar-refractivity contribution >= 4 is 11.1 Å². The molecule has 4 nitrogen and oxygen atoms in total. The van der Waals surface area contributed by atoms with Gasteiger partial charge in [-0.25, -0.2) is 4.79 Å². The van der Waals surface area contributed by atoms with Crippen molar-refractivity contribution < 1.29 is 4.42 Å². The van der Waals surface area contributed by atoms with Gasteiger partial charge in [-0.05, 0) is 54.8 Å². The molecule has 0 radical (unpaired) electrons. The Labute approximate surface area is 124 Å². The zero-order valence-corrected chi connectivity index (χ0v) is 12.6. The van der Waals surface area contributed by atoms with Crippen LogP contribution in [0.25, 0.3) is 11.1 Å². The molecule has 4 heteroatoms. The number of benzene rings is 1. The van der Waals surface area contributed by atoms with Crippen LogP contribution < -0.4 is 11.1 Å². The minimum absolute atomic E-state index is 0.287. The molecule has 21 heavy (non-hydrogen) atoms. The lowest BCUT2D eigenvalue weighted by Crippen LogP contribution is -2.24. The molecule has 0 aliphatic heterocycles. The van der Waals surface area contributed by atoms with Gasteiger partial charge in [-0.2, -0.15) is 0 Å². The van der Waals surface area contributed by atoms with E-state index in [2.05, 4.69) is 24.4 Å². The van der Waals surface area contributed by atoms with Crippen LogP contribution >= 0.6 is 0 Å². The van der Waals surface area contributed by atoms with E-state index in [0.29, 0.717) is 11.6 Å². The Hall–Kier alpha value is -1.55. The molecule has 112 valence electrons. The highest BCUT2D eigenvalue weighted by Crippen LogP contribution is 2.62. The number of hydrogen-bond donors (Lipinski definition) is 1. The van der Waals surface area contributed by atoms with Gasteiger partial charge in [0.2, 0.25) is 0 Å². The number of hydrogen-bond acceptors (Lipinski definition) is 3. The van der Waals surface area contributed by atoms with Crippen LogP contribution in [-0.2, 0) is 7.05 Å². The summed E-state index contributed by atoms with van der Waals surface area (Å²) >= 11 is 0. The highest BCUT2D eigenvalue weighted by Gasteiger charge is 2.55. The number of oxazole rings is 1. The van der Waals surface area contributed by atoms with Crippen LogP contribution in [0.1, 0.15) is 37.8 Å². The summed E-state index contributed by atoms with van der Waals surface area (Å²) in [5.74, 6) is 2.30. The van der Waals surface area contributed by atoms with Crippen LogP contribution in [0, 0.1) is 17.8 Å². The summed E-state index contributed by atoms with van der Waals surface area (Å²) in [4.78, 5) is 11.6. The van der Waals surface area contributed by atoms with Crippen molar-refractivity contribution in [1.29, 1.82) is 0 Å². The Balaban J connectivity index is 1.70. The Bertz CT molecular complexity index is 720. The van der Waals surface area contributed by atoms with E-state index >= 15 is 0 Å². The van der Waals surface area contributed by atoms with Crippen LogP contribution in [0.4, 0.5) is 0 Å². The van der Waals surface area contributed by atoms with Gasteiger partial charge in [0.05, 0.1) is 5.52 Å². The standard InChI is InChI=1S/C17H22N2O2/c1-3-18-16(15-11-5-4-6-12(11)15)10-7-8-13-14(9-10)21-17(20)19(13)2/h7-9,11-12,15-16,18H,3-6H2,1-2H3. The maximum atomic E-state index is 11.6. The van der Waals surface area contributed by atoms with E-state index in [9.17, 15) is 4.79 Å². The molecule has 1 aromatic carbocycles. The first kappa shape index (κ1) is 13.1. The van der Waals surface area contributed by atoms with E-state index in [1.165, 1.54) is 24.8 Å². The van der Waals surface area contributed by atoms with Crippen molar-refractivity contribution in [2.45, 2.75) is 32.2 Å². The largest absolute Gasteiger partial charge is 0.419 e. The van der Waals surface area contributed by atoms with E-state index in [1.54, 1.807) is 11.6 Å². The van der Waals surface area contributed by atoms with Crippen molar-refractivity contribution in [3.05, 3.63) is 34.3 Å². The molecule has 0 amide bonds. The maximum Gasteiger partial charge on any atom is 0.419 e. The van der Waals surface area contributed by atoms with Gasteiger partial charge in [-0.3, -0.25) is 4.57 Å². The zero-order valence-electron chi connectivity index (χ0n) is 12.6. The summed E-state index contributed by atoms with van der Waals surface area (Å²) in [5, 5.41) is 3.65. The van der Waals surface area contributed by atoms with Crippen LogP contribution in [-0.4, -0.2) is 11.1 Å². The molecule has 3 atom stereocenters. The van der Waals surface area contributed by atoms with Crippen molar-refractivity contribution in [1.82, 2.24) is 9.88 Å². The van der Waals surface area contributed by atoms with Crippen molar-refractivity contribution in [2.24, 2.45) is 24.8 Å². The number of fused-ring (bicyclic) bond motifs is 2. The highest BCUT2D eigenvalue weighted by atomic mass is 16.4. The second-order valence-electron chi connectivity index (χ2n) is 6.53. The van der Waals surface area contributed by atoms with E-state index in [4.69, 9.17) is 4.42 Å². The maximum absolute atomic E-state index is 11.6. The quantitative estimate of drug-likeness (QED) is 0.940. The smallest absolute Gasteiger partial charge is 0.408 e. The average molecular weight is 286 g/mol. The van der Waals surface area contributed by atoms with Gasteiger partial charge < -0.3 is 9.73 Å². The fraction of sp³-hybridized carbons (Fsp3) is 0.588. The van der Waals surface area contributed by atoms with E-state index in [1.807, 2.05) is 6.07 Å². The summed E-state index contributed by atoms with van der Waals surface area (Å²) in [5.41, 5.74) is 2.84. The van der Waals surface area contributed by atoms with E-state index < -0.39 is 0 Å². The monoisotopic (exact) mass is 286 g/mol. The zero-order chi connectivity index (χ0) is 14.6. The molecule has 2 aromatic rings. The fourth-order valence-electron chi connectivity index (χ4n) is 4.41. The molecule has 1 heterocycles. The summed E-state index contributed by atoms with van der Waals surface area (Å²) in [6, 6.07) is 6.62. The van der Waals surface area contributed by atoms with E-state index in [0.717, 1.165) is 29.8 Å². The fourth-order valence-corrected chi connectivity index (χ4v) is 4.41. The molecule has 1 aromatic heterocycles. The lowest BCUT2D eigenvalue weighted by Gasteiger charge is -2.20. The predicted octanol–water partition coefficient (Wildman–Crippen LogP) is 2.83. The molecule has 2 aliphatic carbocycles. The first-order valence-electron chi connectivity index (χ1n) is 8.03. The molecule has 3 unspecified atom stereocenters. The predicted molar refractivity (Wildman–Crippen MR) is 82.2 cm³/mol. The van der Waals surface area contributed by atoms with Gasteiger partial charge in [-0.1, -0.05) is 19.4 Å². The summed E-state index contributed by atoms with van der Waals surface area (Å²) in [6.45, 7) is 3.13. The van der Waals surface area contributed by atoms with Gasteiger partial charge in [0.25, 0.3) is 0 Å². The average Bonchev–Trinajstić information content (AvgIpc) is 2.82. The Kier molecular flexibility index (Phi) is 2.96. The van der Waals surface area contributed by atoms with Gasteiger partial charge in [0.1, 0.15) is 0 Å². The molecule has 0 spiro atoms. The van der Waals surface area contributed by atoms with Gasteiger partial charge >= 0.3 is 5.76 Å². The van der Waals surface area contributed by atoms with Crippen molar-refractivity contribution in [3.8, 4) is 0 Å². The van der Waals surface area contributed by atoms with E-state index in [-0.39, 0.29) is 5.76 Å². The van der Waals surface area contributed by atoms with Gasteiger partial charge in [0.15, 0.2) is 5.58 Å². The van der Waals surface area contributed by atoms with Crippen LogP contribution in [0.15, 0.2) is 27.4 Å². The Morgan fingerprint density at radius 2 is 2.14 bits per heavy atom. The molecular weight excluding hydrogens is 264 g/mol. The topological polar surface area (TPSA) is 47.2 Å². The van der Waals surface area contributed by atoms with Crippen LogP contribution in [0.3, 0.4) is 0 Å². The third kappa shape index (κ3) is 1.96. The second kappa shape index (κ2) is 4.73. The van der Waals surface area contributed by atoms with Crippen LogP contribution in [0.5, 0.6) is 0 Å². The molecular formula is C17H22N2O2. The summed E-state index contributed by atoms with van der Waals surface area (Å²) in [7, 11) is 1.75. The van der Waals surface area contributed by atoms with Gasteiger partial charge in [-0.15, -0.1) is 0 Å². The Morgan fingerprint density at radius 1 is 1.38 bits per heavy atom. The summed E-state index contributed by atoms with van der Waals surface area (Å²) < 4.78 is 6.90. The second-order valence-corrected chi connectivity index (χ2v) is 6.53. The molecule has 0 saturated heterocycles. The van der Waals surface area contributed by atoms with Crippen molar-refractivity contribution in [3.63, 3.8) is 0 Å². The molecule has 2 fully saturated rings. The highest BCUT2D eigenvalue weighted by molar-refractivity contribution is 5.73. The third-order valence-corrected chi connectivity index (χ3v) is 5.46. The minimum Gasteiger partial charge on any atom is -0.408 e.